The van der Waals surface area contributed by atoms with Gasteiger partial charge in [0.25, 0.3) is 0 Å². The third-order valence-corrected chi connectivity index (χ3v) is 2.69. The highest BCUT2D eigenvalue weighted by Crippen LogP contribution is 2.23. The molecule has 0 saturated heterocycles. The molecule has 2 rings (SSSR count). The molecule has 0 aliphatic carbocycles. The van der Waals surface area contributed by atoms with E-state index in [0.717, 1.165) is 14.9 Å². The molecule has 1 aromatic heterocycles. The molecule has 82 valence electrons. The Balaban J connectivity index is 2.26. The fraction of sp³-hybridized carbons (Fsp3) is 0.0909. The van der Waals surface area contributed by atoms with Crippen LogP contribution < -0.4 is 10.5 Å². The molecule has 0 aliphatic rings. The van der Waals surface area contributed by atoms with Crippen LogP contribution in [0.2, 0.25) is 0 Å². The van der Waals surface area contributed by atoms with Crippen LogP contribution >= 0.6 is 22.6 Å². The first-order chi connectivity index (χ1) is 7.65. The number of nitrogen functional groups attached to an aromatic ring is 1. The fourth-order valence-electron chi connectivity index (χ4n) is 1.16. The molecule has 1 heterocycles. The predicted molar refractivity (Wildman–Crippen MR) is 70.4 cm³/mol. The number of aryl methyl sites for hydroxylation is 1. The van der Waals surface area contributed by atoms with E-state index in [1.807, 2.05) is 31.2 Å². The van der Waals surface area contributed by atoms with E-state index in [2.05, 4.69) is 32.6 Å². The van der Waals surface area contributed by atoms with Crippen LogP contribution in [-0.4, -0.2) is 9.97 Å². The monoisotopic (exact) mass is 327 g/mol. The van der Waals surface area contributed by atoms with E-state index < -0.39 is 0 Å². The fourth-order valence-corrected chi connectivity index (χ4v) is 1.52. The Morgan fingerprint density at radius 1 is 1.25 bits per heavy atom. The summed E-state index contributed by atoms with van der Waals surface area (Å²) >= 11 is 2.24. The van der Waals surface area contributed by atoms with Gasteiger partial charge in [-0.25, -0.2) is 4.98 Å². The summed E-state index contributed by atoms with van der Waals surface area (Å²) < 4.78 is 6.77. The number of nitrogens with zero attached hydrogens (tertiary/aromatic N) is 2. The van der Waals surface area contributed by atoms with Gasteiger partial charge in [-0.3, -0.25) is 0 Å². The van der Waals surface area contributed by atoms with Gasteiger partial charge in [-0.15, -0.1) is 0 Å². The van der Waals surface area contributed by atoms with Crippen LogP contribution in [0.3, 0.4) is 0 Å². The molecular formula is C11H10IN3O. The van der Waals surface area contributed by atoms with Crippen LogP contribution in [0.4, 0.5) is 5.95 Å². The summed E-state index contributed by atoms with van der Waals surface area (Å²) in [7, 11) is 0. The number of ether oxygens (including phenoxy) is 1. The van der Waals surface area contributed by atoms with E-state index >= 15 is 0 Å². The third kappa shape index (κ3) is 2.60. The molecule has 0 fully saturated rings. The highest BCUT2D eigenvalue weighted by Gasteiger charge is 2.04. The lowest BCUT2D eigenvalue weighted by molar-refractivity contribution is 0.458. The Bertz CT molecular complexity index is 499. The highest BCUT2D eigenvalue weighted by atomic mass is 127. The van der Waals surface area contributed by atoms with Gasteiger partial charge in [0, 0.05) is 15.3 Å². The second-order valence-electron chi connectivity index (χ2n) is 3.27. The molecule has 0 atom stereocenters. The van der Waals surface area contributed by atoms with E-state index in [1.165, 1.54) is 0 Å². The molecule has 0 bridgehead atoms. The van der Waals surface area contributed by atoms with Crippen molar-refractivity contribution in [2.75, 3.05) is 5.73 Å². The van der Waals surface area contributed by atoms with Crippen molar-refractivity contribution in [3.05, 3.63) is 39.6 Å². The normalized spacial score (nSPS) is 10.1. The van der Waals surface area contributed by atoms with Gasteiger partial charge in [0.1, 0.15) is 5.75 Å². The van der Waals surface area contributed by atoms with E-state index in [4.69, 9.17) is 10.5 Å². The number of benzene rings is 1. The smallest absolute Gasteiger partial charge is 0.226 e. The summed E-state index contributed by atoms with van der Waals surface area (Å²) in [5.41, 5.74) is 6.36. The molecule has 0 amide bonds. The second-order valence-corrected chi connectivity index (χ2v) is 4.52. The lowest BCUT2D eigenvalue weighted by atomic mass is 10.3. The Kier molecular flexibility index (Phi) is 3.23. The van der Waals surface area contributed by atoms with Crippen LogP contribution in [0.25, 0.3) is 0 Å². The first kappa shape index (κ1) is 11.1. The zero-order chi connectivity index (χ0) is 11.5. The lowest BCUT2D eigenvalue weighted by Gasteiger charge is -2.07. The summed E-state index contributed by atoms with van der Waals surface area (Å²) in [5.74, 6) is 1.45. The summed E-state index contributed by atoms with van der Waals surface area (Å²) in [4.78, 5) is 7.91. The molecule has 16 heavy (non-hydrogen) atoms. The highest BCUT2D eigenvalue weighted by molar-refractivity contribution is 14.1. The Hall–Kier alpha value is -1.37. The topological polar surface area (TPSA) is 61.0 Å². The van der Waals surface area contributed by atoms with Crippen molar-refractivity contribution in [1.82, 2.24) is 9.97 Å². The van der Waals surface area contributed by atoms with Crippen LogP contribution in [0.1, 0.15) is 5.56 Å². The molecule has 5 heteroatoms. The summed E-state index contributed by atoms with van der Waals surface area (Å²) in [6, 6.07) is 7.71. The van der Waals surface area contributed by atoms with Crippen molar-refractivity contribution >= 4 is 28.5 Å². The van der Waals surface area contributed by atoms with Crippen molar-refractivity contribution in [3.63, 3.8) is 0 Å². The maximum absolute atomic E-state index is 5.61. The minimum absolute atomic E-state index is 0.214. The number of hydrogen-bond acceptors (Lipinski definition) is 4. The quantitative estimate of drug-likeness (QED) is 0.862. The predicted octanol–water partition coefficient (Wildman–Crippen LogP) is 2.76. The first-order valence-corrected chi connectivity index (χ1v) is 5.75. The SMILES string of the molecule is Cc1cnc(N)nc1Oc1ccc(I)cc1. The summed E-state index contributed by atoms with van der Waals surface area (Å²) in [6.45, 7) is 1.88. The van der Waals surface area contributed by atoms with E-state index in [1.54, 1.807) is 6.20 Å². The van der Waals surface area contributed by atoms with Crippen molar-refractivity contribution < 1.29 is 4.74 Å². The average Bonchev–Trinajstić information content (AvgIpc) is 2.27. The molecular weight excluding hydrogens is 317 g/mol. The van der Waals surface area contributed by atoms with Crippen LogP contribution in [-0.2, 0) is 0 Å². The molecule has 4 nitrogen and oxygen atoms in total. The van der Waals surface area contributed by atoms with Crippen LogP contribution in [0, 0.1) is 10.5 Å². The third-order valence-electron chi connectivity index (χ3n) is 1.97. The maximum atomic E-state index is 5.61. The van der Waals surface area contributed by atoms with Gasteiger partial charge in [-0.2, -0.15) is 4.98 Å². The number of rotatable bonds is 2. The molecule has 2 N–H and O–H groups in total. The minimum atomic E-state index is 0.214. The molecule has 0 spiro atoms. The van der Waals surface area contributed by atoms with E-state index in [0.29, 0.717) is 5.88 Å². The molecule has 0 unspecified atom stereocenters. The van der Waals surface area contributed by atoms with Crippen molar-refractivity contribution in [3.8, 4) is 11.6 Å². The number of nitrogens with two attached hydrogens (primary N) is 1. The maximum Gasteiger partial charge on any atom is 0.226 e. The largest absolute Gasteiger partial charge is 0.439 e. The Morgan fingerprint density at radius 2 is 1.94 bits per heavy atom. The van der Waals surface area contributed by atoms with Gasteiger partial charge in [-0.05, 0) is 53.8 Å². The second kappa shape index (κ2) is 4.65. The number of aromatic nitrogens is 2. The Labute approximate surface area is 107 Å². The number of hydrogen-bond donors (Lipinski definition) is 1. The summed E-state index contributed by atoms with van der Waals surface area (Å²) in [5, 5.41) is 0. The molecule has 0 saturated carbocycles. The molecule has 1 aromatic carbocycles. The molecule has 0 aliphatic heterocycles. The standard InChI is InChI=1S/C11H10IN3O/c1-7-6-14-11(13)15-10(7)16-9-4-2-8(12)3-5-9/h2-6H,1H3,(H2,13,14,15). The van der Waals surface area contributed by atoms with Gasteiger partial charge in [0.2, 0.25) is 11.8 Å². The van der Waals surface area contributed by atoms with Gasteiger partial charge >= 0.3 is 0 Å². The van der Waals surface area contributed by atoms with Gasteiger partial charge in [-0.1, -0.05) is 0 Å². The zero-order valence-electron chi connectivity index (χ0n) is 8.64. The van der Waals surface area contributed by atoms with E-state index in [-0.39, 0.29) is 5.95 Å². The first-order valence-electron chi connectivity index (χ1n) is 4.67. The zero-order valence-corrected chi connectivity index (χ0v) is 10.8. The summed E-state index contributed by atoms with van der Waals surface area (Å²) in [6.07, 6.45) is 1.64. The van der Waals surface area contributed by atoms with Gasteiger partial charge < -0.3 is 10.5 Å². The van der Waals surface area contributed by atoms with Crippen LogP contribution in [0.5, 0.6) is 11.6 Å². The van der Waals surface area contributed by atoms with E-state index in [9.17, 15) is 0 Å². The average molecular weight is 327 g/mol. The number of halogens is 1. The van der Waals surface area contributed by atoms with Crippen molar-refractivity contribution in [2.45, 2.75) is 6.92 Å². The molecule has 0 radical (unpaired) electrons. The van der Waals surface area contributed by atoms with Crippen molar-refractivity contribution in [2.24, 2.45) is 0 Å². The number of anilines is 1. The van der Waals surface area contributed by atoms with Crippen molar-refractivity contribution in [1.29, 1.82) is 0 Å². The Morgan fingerprint density at radius 3 is 2.62 bits per heavy atom. The van der Waals surface area contributed by atoms with Gasteiger partial charge in [0.05, 0.1) is 0 Å². The lowest BCUT2D eigenvalue weighted by Crippen LogP contribution is -1.98. The minimum Gasteiger partial charge on any atom is -0.439 e. The van der Waals surface area contributed by atoms with Gasteiger partial charge in [0.15, 0.2) is 0 Å². The van der Waals surface area contributed by atoms with Crippen LogP contribution in [0.15, 0.2) is 30.5 Å². The molecule has 2 aromatic rings.